The van der Waals surface area contributed by atoms with Crippen molar-refractivity contribution in [3.8, 4) is 0 Å². The molecule has 2 heterocycles. The van der Waals surface area contributed by atoms with Crippen molar-refractivity contribution in [2.24, 2.45) is 0 Å². The maximum Gasteiger partial charge on any atom is 0.242 e. The summed E-state index contributed by atoms with van der Waals surface area (Å²) in [5, 5.41) is 4.90. The molecule has 0 atom stereocenters. The van der Waals surface area contributed by atoms with E-state index in [0.29, 0.717) is 18.0 Å². The number of sulfonamides is 1. The first-order chi connectivity index (χ1) is 9.85. The number of hydrogen-bond donors (Lipinski definition) is 2. The van der Waals surface area contributed by atoms with Gasteiger partial charge in [-0.15, -0.1) is 22.7 Å². The first-order valence-corrected chi connectivity index (χ1v) is 9.80. The van der Waals surface area contributed by atoms with Crippen LogP contribution in [0.2, 0.25) is 0 Å². The van der Waals surface area contributed by atoms with Crippen LogP contribution in [0, 0.1) is 20.8 Å². The van der Waals surface area contributed by atoms with Crippen molar-refractivity contribution < 1.29 is 8.42 Å². The summed E-state index contributed by atoms with van der Waals surface area (Å²) in [5.74, 6) is 0. The van der Waals surface area contributed by atoms with Gasteiger partial charge in [-0.1, -0.05) is 0 Å². The van der Waals surface area contributed by atoms with Crippen LogP contribution < -0.4 is 10.0 Å². The molecule has 116 valence electrons. The predicted octanol–water partition coefficient (Wildman–Crippen LogP) is 2.93. The lowest BCUT2D eigenvalue weighted by atomic mass is 10.3. The number of aryl methyl sites for hydroxylation is 3. The minimum Gasteiger partial charge on any atom is -0.315 e. The van der Waals surface area contributed by atoms with Gasteiger partial charge in [-0.05, 0) is 50.4 Å². The molecule has 0 spiro atoms. The molecule has 0 aromatic carbocycles. The van der Waals surface area contributed by atoms with E-state index in [0.717, 1.165) is 15.3 Å². The van der Waals surface area contributed by atoms with E-state index >= 15 is 0 Å². The monoisotopic (exact) mass is 344 g/mol. The maximum absolute atomic E-state index is 12.5. The fraction of sp³-hybridized carbons (Fsp3) is 0.429. The molecule has 0 radical (unpaired) electrons. The summed E-state index contributed by atoms with van der Waals surface area (Å²) in [5.41, 5.74) is 2.01. The molecule has 0 unspecified atom stereocenters. The van der Waals surface area contributed by atoms with Crippen LogP contribution in [0.25, 0.3) is 0 Å². The Bertz CT molecular complexity index is 710. The van der Waals surface area contributed by atoms with Crippen LogP contribution in [-0.4, -0.2) is 15.5 Å². The largest absolute Gasteiger partial charge is 0.315 e. The Balaban J connectivity index is 2.20. The van der Waals surface area contributed by atoms with Crippen molar-refractivity contribution in [1.82, 2.24) is 10.0 Å². The molecule has 2 aromatic rings. The highest BCUT2D eigenvalue weighted by Gasteiger charge is 2.22. The average molecular weight is 345 g/mol. The Morgan fingerprint density at radius 1 is 1.14 bits per heavy atom. The second-order valence-electron chi connectivity index (χ2n) is 4.98. The summed E-state index contributed by atoms with van der Waals surface area (Å²) in [4.78, 5) is 3.54. The van der Waals surface area contributed by atoms with E-state index in [1.807, 2.05) is 39.3 Å². The van der Waals surface area contributed by atoms with Gasteiger partial charge >= 0.3 is 0 Å². The van der Waals surface area contributed by atoms with Gasteiger partial charge in [-0.2, -0.15) is 0 Å². The topological polar surface area (TPSA) is 58.2 Å². The van der Waals surface area contributed by atoms with Gasteiger partial charge in [0.2, 0.25) is 10.0 Å². The van der Waals surface area contributed by atoms with Gasteiger partial charge in [-0.25, -0.2) is 13.1 Å². The van der Waals surface area contributed by atoms with E-state index in [2.05, 4.69) is 10.0 Å². The molecule has 0 bridgehead atoms. The summed E-state index contributed by atoms with van der Waals surface area (Å²) in [7, 11) is -1.66. The second kappa shape index (κ2) is 6.58. The van der Waals surface area contributed by atoms with Crippen molar-refractivity contribution in [1.29, 1.82) is 0 Å². The third-order valence-electron chi connectivity index (χ3n) is 3.25. The Morgan fingerprint density at radius 2 is 1.86 bits per heavy atom. The van der Waals surface area contributed by atoms with Gasteiger partial charge in [-0.3, -0.25) is 0 Å². The van der Waals surface area contributed by atoms with Crippen LogP contribution in [0.5, 0.6) is 0 Å². The van der Waals surface area contributed by atoms with Gasteiger partial charge in [0.05, 0.1) is 0 Å². The molecule has 0 fully saturated rings. The van der Waals surface area contributed by atoms with Crippen LogP contribution in [0.4, 0.5) is 0 Å². The lowest BCUT2D eigenvalue weighted by molar-refractivity contribution is 0.580. The van der Waals surface area contributed by atoms with Gasteiger partial charge in [0.25, 0.3) is 0 Å². The van der Waals surface area contributed by atoms with Gasteiger partial charge in [0.15, 0.2) is 0 Å². The standard InChI is InChI=1S/C14H20N2O2S3/c1-9-5-12(20-11(9)3)6-16-21(17,18)14-10(2)8-19-13(14)7-15-4/h5,8,15-16H,6-7H2,1-4H3. The maximum atomic E-state index is 12.5. The Hall–Kier alpha value is -0.730. The third kappa shape index (κ3) is 3.73. The molecule has 2 N–H and O–H groups in total. The third-order valence-corrected chi connectivity index (χ3v) is 7.27. The Morgan fingerprint density at radius 3 is 2.43 bits per heavy atom. The zero-order valence-corrected chi connectivity index (χ0v) is 15.1. The quantitative estimate of drug-likeness (QED) is 0.847. The lowest BCUT2D eigenvalue weighted by Gasteiger charge is -2.08. The highest BCUT2D eigenvalue weighted by molar-refractivity contribution is 7.89. The average Bonchev–Trinajstić information content (AvgIpc) is 2.92. The minimum absolute atomic E-state index is 0.343. The van der Waals surface area contributed by atoms with Crippen LogP contribution >= 0.6 is 22.7 Å². The Labute approximate surface area is 134 Å². The van der Waals surface area contributed by atoms with Crippen LogP contribution in [-0.2, 0) is 23.1 Å². The summed E-state index contributed by atoms with van der Waals surface area (Å²) in [6, 6.07) is 2.04. The molecule has 0 aliphatic rings. The van der Waals surface area contributed by atoms with Gasteiger partial charge in [0, 0.05) is 27.7 Å². The highest BCUT2D eigenvalue weighted by atomic mass is 32.2. The summed E-state index contributed by atoms with van der Waals surface area (Å²) < 4.78 is 27.8. The summed E-state index contributed by atoms with van der Waals surface area (Å²) in [6.45, 7) is 6.83. The van der Waals surface area contributed by atoms with Crippen LogP contribution in [0.3, 0.4) is 0 Å². The van der Waals surface area contributed by atoms with Gasteiger partial charge < -0.3 is 5.32 Å². The van der Waals surface area contributed by atoms with E-state index in [1.54, 1.807) is 11.3 Å². The zero-order valence-electron chi connectivity index (χ0n) is 12.6. The van der Waals surface area contributed by atoms with Crippen LogP contribution in [0.1, 0.15) is 25.8 Å². The van der Waals surface area contributed by atoms with E-state index in [1.165, 1.54) is 21.8 Å². The van der Waals surface area contributed by atoms with Crippen molar-refractivity contribution >= 4 is 32.7 Å². The van der Waals surface area contributed by atoms with Gasteiger partial charge in [0.1, 0.15) is 4.90 Å². The number of thiophene rings is 2. The summed E-state index contributed by atoms with van der Waals surface area (Å²) >= 11 is 3.11. The minimum atomic E-state index is -3.48. The van der Waals surface area contributed by atoms with E-state index in [9.17, 15) is 8.42 Å². The number of rotatable bonds is 6. The summed E-state index contributed by atoms with van der Waals surface area (Å²) in [6.07, 6.45) is 0. The highest BCUT2D eigenvalue weighted by Crippen LogP contribution is 2.27. The number of hydrogen-bond acceptors (Lipinski definition) is 5. The molecule has 0 aliphatic heterocycles. The first kappa shape index (κ1) is 16.6. The SMILES string of the molecule is CNCc1scc(C)c1S(=O)(=O)NCc1cc(C)c(C)s1. The molecule has 0 amide bonds. The molecular weight excluding hydrogens is 324 g/mol. The molecule has 0 saturated carbocycles. The van der Waals surface area contributed by atoms with Crippen molar-refractivity contribution in [3.63, 3.8) is 0 Å². The lowest BCUT2D eigenvalue weighted by Crippen LogP contribution is -2.24. The molecule has 7 heteroatoms. The first-order valence-electron chi connectivity index (χ1n) is 6.62. The van der Waals surface area contributed by atoms with Crippen LogP contribution in [0.15, 0.2) is 16.3 Å². The van der Waals surface area contributed by atoms with E-state index in [-0.39, 0.29) is 0 Å². The molecule has 0 saturated heterocycles. The molecule has 4 nitrogen and oxygen atoms in total. The normalized spacial score (nSPS) is 12.0. The second-order valence-corrected chi connectivity index (χ2v) is 8.99. The fourth-order valence-corrected chi connectivity index (χ4v) is 6.02. The molecule has 2 aromatic heterocycles. The molecular formula is C14H20N2O2S3. The van der Waals surface area contributed by atoms with Crippen molar-refractivity contribution in [2.75, 3.05) is 7.05 Å². The molecule has 2 rings (SSSR count). The van der Waals surface area contributed by atoms with Crippen molar-refractivity contribution in [3.05, 3.63) is 37.2 Å². The van der Waals surface area contributed by atoms with Crippen molar-refractivity contribution in [2.45, 2.75) is 38.8 Å². The predicted molar refractivity (Wildman–Crippen MR) is 89.6 cm³/mol. The van der Waals surface area contributed by atoms with E-state index < -0.39 is 10.0 Å². The molecule has 21 heavy (non-hydrogen) atoms. The number of nitrogens with one attached hydrogen (secondary N) is 2. The Kier molecular flexibility index (Phi) is 5.21. The molecule has 0 aliphatic carbocycles. The zero-order chi connectivity index (χ0) is 15.6. The van der Waals surface area contributed by atoms with E-state index in [4.69, 9.17) is 0 Å². The smallest absolute Gasteiger partial charge is 0.242 e. The fourth-order valence-electron chi connectivity index (χ4n) is 2.11.